The van der Waals surface area contributed by atoms with Gasteiger partial charge >= 0.3 is 0 Å². The molecule has 1 N–H and O–H groups in total. The first-order valence-corrected chi connectivity index (χ1v) is 5.28. The minimum Gasteiger partial charge on any atom is -0.235 e. The summed E-state index contributed by atoms with van der Waals surface area (Å²) in [5.41, 5.74) is 2.84. The highest BCUT2D eigenvalue weighted by Crippen LogP contribution is 2.65. The van der Waals surface area contributed by atoms with Crippen LogP contribution < -0.4 is 5.43 Å². The highest BCUT2D eigenvalue weighted by atomic mass is 16.7. The maximum absolute atomic E-state index is 10.5. The van der Waals surface area contributed by atoms with E-state index >= 15 is 0 Å². The first-order valence-electron chi connectivity index (χ1n) is 5.28. The molecule has 0 aromatic heterocycles. The Bertz CT molecular complexity index is 277. The molecule has 14 heavy (non-hydrogen) atoms. The van der Waals surface area contributed by atoms with E-state index < -0.39 is 0 Å². The normalized spacial score (nSPS) is 43.9. The Morgan fingerprint density at radius 3 is 2.43 bits per heavy atom. The molecule has 2 bridgehead atoms. The predicted molar refractivity (Wildman–Crippen MR) is 53.1 cm³/mol. The zero-order chi connectivity index (χ0) is 10.6. The average molecular weight is 198 g/mol. The van der Waals surface area contributed by atoms with Gasteiger partial charge in [0.2, 0.25) is 0 Å². The molecule has 0 radical (unpaired) electrons. The van der Waals surface area contributed by atoms with Crippen LogP contribution in [0.15, 0.2) is 0 Å². The van der Waals surface area contributed by atoms with Crippen LogP contribution in [0.2, 0.25) is 0 Å². The van der Waals surface area contributed by atoms with Gasteiger partial charge in [0.1, 0.15) is 0 Å². The molecule has 0 amide bonds. The summed E-state index contributed by atoms with van der Waals surface area (Å²) < 4.78 is 0. The summed E-state index contributed by atoms with van der Waals surface area (Å²) >= 11 is 0. The lowest BCUT2D eigenvalue weighted by molar-refractivity contribution is -0.554. The van der Waals surface area contributed by atoms with Crippen molar-refractivity contribution in [1.82, 2.24) is 5.43 Å². The van der Waals surface area contributed by atoms with Crippen molar-refractivity contribution in [2.75, 3.05) is 0 Å². The van der Waals surface area contributed by atoms with E-state index in [-0.39, 0.29) is 21.9 Å². The van der Waals surface area contributed by atoms with E-state index in [1.54, 1.807) is 0 Å². The van der Waals surface area contributed by atoms with Gasteiger partial charge in [-0.1, -0.05) is 20.8 Å². The number of rotatable bonds is 2. The van der Waals surface area contributed by atoms with Crippen molar-refractivity contribution in [1.29, 1.82) is 0 Å². The molecule has 2 aliphatic rings. The molecule has 0 aromatic rings. The van der Waals surface area contributed by atoms with Crippen LogP contribution in [-0.2, 0) is 0 Å². The standard InChI is InChI=1S/C10H18N2O2/c1-9(2)7-4-5-10(9,3)8(6-7)11-12(13)14/h7-8,11H,4-6H2,1-3H3. The zero-order valence-corrected chi connectivity index (χ0v) is 9.04. The van der Waals surface area contributed by atoms with Crippen molar-refractivity contribution in [2.24, 2.45) is 16.7 Å². The van der Waals surface area contributed by atoms with E-state index in [9.17, 15) is 10.1 Å². The van der Waals surface area contributed by atoms with Crippen molar-refractivity contribution in [3.63, 3.8) is 0 Å². The van der Waals surface area contributed by atoms with Crippen molar-refractivity contribution in [3.8, 4) is 0 Å². The summed E-state index contributed by atoms with van der Waals surface area (Å²) in [6.45, 7) is 6.71. The van der Waals surface area contributed by atoms with Crippen LogP contribution in [0.1, 0.15) is 40.0 Å². The summed E-state index contributed by atoms with van der Waals surface area (Å²) in [4.78, 5) is 10.5. The van der Waals surface area contributed by atoms with Gasteiger partial charge in [0.15, 0.2) is 5.03 Å². The van der Waals surface area contributed by atoms with Crippen LogP contribution in [-0.4, -0.2) is 11.1 Å². The lowest BCUT2D eigenvalue weighted by Crippen LogP contribution is -2.46. The molecule has 4 nitrogen and oxygen atoms in total. The van der Waals surface area contributed by atoms with Crippen LogP contribution in [0.5, 0.6) is 0 Å². The van der Waals surface area contributed by atoms with Crippen LogP contribution in [0, 0.1) is 26.9 Å². The molecular weight excluding hydrogens is 180 g/mol. The summed E-state index contributed by atoms with van der Waals surface area (Å²) in [7, 11) is 0. The van der Waals surface area contributed by atoms with Gasteiger partial charge in [0.05, 0.1) is 6.04 Å². The number of nitrogens with one attached hydrogen (secondary N) is 1. The molecular formula is C10H18N2O2. The zero-order valence-electron chi connectivity index (χ0n) is 9.04. The van der Waals surface area contributed by atoms with E-state index in [4.69, 9.17) is 0 Å². The second kappa shape index (κ2) is 2.61. The van der Waals surface area contributed by atoms with Crippen molar-refractivity contribution >= 4 is 0 Å². The van der Waals surface area contributed by atoms with Crippen molar-refractivity contribution in [3.05, 3.63) is 10.1 Å². The van der Waals surface area contributed by atoms with Crippen LogP contribution in [0.4, 0.5) is 0 Å². The number of nitrogens with zero attached hydrogens (tertiary/aromatic N) is 1. The van der Waals surface area contributed by atoms with Crippen molar-refractivity contribution < 1.29 is 5.03 Å². The van der Waals surface area contributed by atoms with Gasteiger partial charge in [-0.2, -0.15) is 0 Å². The maximum atomic E-state index is 10.5. The number of hydrazine groups is 1. The lowest BCUT2D eigenvalue weighted by atomic mass is 9.69. The third-order valence-electron chi connectivity index (χ3n) is 5.06. The number of hydrogen-bond acceptors (Lipinski definition) is 2. The van der Waals surface area contributed by atoms with E-state index in [2.05, 4.69) is 26.2 Å². The number of fused-ring (bicyclic) bond motifs is 2. The first-order chi connectivity index (χ1) is 6.38. The molecule has 2 fully saturated rings. The Morgan fingerprint density at radius 1 is 1.43 bits per heavy atom. The Kier molecular flexibility index (Phi) is 1.82. The quantitative estimate of drug-likeness (QED) is 0.545. The Morgan fingerprint density at radius 2 is 2.07 bits per heavy atom. The van der Waals surface area contributed by atoms with Gasteiger partial charge in [0, 0.05) is 0 Å². The summed E-state index contributed by atoms with van der Waals surface area (Å²) in [6.07, 6.45) is 3.32. The fourth-order valence-corrected chi connectivity index (χ4v) is 3.53. The third-order valence-corrected chi connectivity index (χ3v) is 5.06. The largest absolute Gasteiger partial charge is 0.235 e. The minimum absolute atomic E-state index is 0.0613. The average Bonchev–Trinajstić information content (AvgIpc) is 2.35. The molecule has 0 aliphatic heterocycles. The lowest BCUT2D eigenvalue weighted by Gasteiger charge is -2.37. The Balaban J connectivity index is 2.23. The third kappa shape index (κ3) is 0.996. The van der Waals surface area contributed by atoms with E-state index in [1.807, 2.05) is 0 Å². The summed E-state index contributed by atoms with van der Waals surface area (Å²) in [6, 6.07) is 0.0613. The molecule has 0 aromatic carbocycles. The predicted octanol–water partition coefficient (Wildman–Crippen LogP) is 1.98. The minimum atomic E-state index is -0.382. The van der Waals surface area contributed by atoms with Gasteiger partial charge < -0.3 is 0 Å². The molecule has 2 saturated carbocycles. The molecule has 3 atom stereocenters. The van der Waals surface area contributed by atoms with Crippen LogP contribution >= 0.6 is 0 Å². The first kappa shape index (κ1) is 9.74. The fraction of sp³-hybridized carbons (Fsp3) is 1.00. The smallest absolute Gasteiger partial charge is 0.157 e. The van der Waals surface area contributed by atoms with Gasteiger partial charge in [-0.15, -0.1) is 5.43 Å². The van der Waals surface area contributed by atoms with Crippen LogP contribution in [0.25, 0.3) is 0 Å². The molecule has 80 valence electrons. The molecule has 0 spiro atoms. The van der Waals surface area contributed by atoms with Crippen LogP contribution in [0.3, 0.4) is 0 Å². The number of nitro groups is 1. The topological polar surface area (TPSA) is 55.2 Å². The monoisotopic (exact) mass is 198 g/mol. The SMILES string of the molecule is CC1(C)C2CCC1(C)C(N[N+](=O)[O-])C2. The van der Waals surface area contributed by atoms with E-state index in [0.717, 1.165) is 12.8 Å². The van der Waals surface area contributed by atoms with Gasteiger partial charge in [-0.3, -0.25) is 0 Å². The van der Waals surface area contributed by atoms with Gasteiger partial charge in [0.25, 0.3) is 0 Å². The molecule has 2 aliphatic carbocycles. The van der Waals surface area contributed by atoms with Gasteiger partial charge in [-0.25, -0.2) is 10.1 Å². The molecule has 2 rings (SSSR count). The Hall–Kier alpha value is -0.800. The molecule has 0 saturated heterocycles. The molecule has 0 heterocycles. The fourth-order valence-electron chi connectivity index (χ4n) is 3.53. The second-order valence-corrected chi connectivity index (χ2v) is 5.55. The van der Waals surface area contributed by atoms with Gasteiger partial charge in [-0.05, 0) is 36.0 Å². The van der Waals surface area contributed by atoms with E-state index in [1.165, 1.54) is 6.42 Å². The van der Waals surface area contributed by atoms with E-state index in [0.29, 0.717) is 5.92 Å². The second-order valence-electron chi connectivity index (χ2n) is 5.55. The summed E-state index contributed by atoms with van der Waals surface area (Å²) in [5.74, 6) is 0.657. The Labute approximate surface area is 84.2 Å². The maximum Gasteiger partial charge on any atom is 0.157 e. The highest BCUT2D eigenvalue weighted by Gasteiger charge is 2.62. The molecule has 3 unspecified atom stereocenters. The summed E-state index contributed by atoms with van der Waals surface area (Å²) in [5, 5.41) is 10.1. The molecule has 4 heteroatoms. The van der Waals surface area contributed by atoms with Crippen molar-refractivity contribution in [2.45, 2.75) is 46.1 Å². The number of hydrogen-bond donors (Lipinski definition) is 1. The highest BCUT2D eigenvalue weighted by molar-refractivity contribution is 5.12.